The highest BCUT2D eigenvalue weighted by atomic mass is 32.2. The predicted octanol–water partition coefficient (Wildman–Crippen LogP) is 3.04. The highest BCUT2D eigenvalue weighted by Gasteiger charge is 2.27. The van der Waals surface area contributed by atoms with E-state index in [2.05, 4.69) is 25.1 Å². The summed E-state index contributed by atoms with van der Waals surface area (Å²) in [5.74, 6) is 1.84. The molecule has 9 heteroatoms. The second kappa shape index (κ2) is 8.69. The molecule has 3 aromatic rings. The fourth-order valence-electron chi connectivity index (χ4n) is 3.37. The summed E-state index contributed by atoms with van der Waals surface area (Å²) in [7, 11) is 0. The molecule has 4 rings (SSSR count). The van der Waals surface area contributed by atoms with E-state index in [9.17, 15) is 4.79 Å². The van der Waals surface area contributed by atoms with E-state index in [1.54, 1.807) is 12.4 Å². The molecule has 1 amide bonds. The van der Waals surface area contributed by atoms with Gasteiger partial charge in [-0.25, -0.2) is 9.97 Å². The lowest BCUT2D eigenvalue weighted by Gasteiger charge is -2.30. The number of carbonyl (C=O) groups is 1. The number of amides is 1. The van der Waals surface area contributed by atoms with Crippen molar-refractivity contribution in [2.75, 3.05) is 18.8 Å². The number of rotatable bonds is 5. The Hall–Kier alpha value is -2.81. The number of carbonyl (C=O) groups excluding carboxylic acids is 1. The van der Waals surface area contributed by atoms with Crippen LogP contribution in [0.3, 0.4) is 0 Å². The maximum atomic E-state index is 12.6. The first-order valence-electron chi connectivity index (χ1n) is 9.55. The van der Waals surface area contributed by atoms with Gasteiger partial charge >= 0.3 is 0 Å². The van der Waals surface area contributed by atoms with E-state index in [1.165, 1.54) is 11.8 Å². The van der Waals surface area contributed by atoms with Crippen molar-refractivity contribution in [2.45, 2.75) is 37.8 Å². The SMILES string of the molecule is Cc1cc(C)nc(SCC(=O)N2CCC(c3noc(-c4cccnc4)n3)CC2)n1. The normalized spacial score (nSPS) is 14.9. The molecule has 8 nitrogen and oxygen atoms in total. The van der Waals surface area contributed by atoms with Crippen molar-refractivity contribution in [1.29, 1.82) is 0 Å². The largest absolute Gasteiger partial charge is 0.342 e. The molecule has 3 aromatic heterocycles. The summed E-state index contributed by atoms with van der Waals surface area (Å²) in [6.45, 7) is 5.25. The third-order valence-electron chi connectivity index (χ3n) is 4.85. The molecule has 29 heavy (non-hydrogen) atoms. The maximum Gasteiger partial charge on any atom is 0.259 e. The molecule has 0 saturated carbocycles. The molecule has 0 bridgehead atoms. The smallest absolute Gasteiger partial charge is 0.259 e. The molecule has 0 unspecified atom stereocenters. The molecule has 1 aliphatic rings. The van der Waals surface area contributed by atoms with Crippen molar-refractivity contribution in [1.82, 2.24) is 30.0 Å². The number of hydrogen-bond donors (Lipinski definition) is 0. The molecule has 1 aliphatic heterocycles. The van der Waals surface area contributed by atoms with Crippen LogP contribution in [-0.4, -0.2) is 54.7 Å². The number of aryl methyl sites for hydroxylation is 2. The Morgan fingerprint density at radius 3 is 2.66 bits per heavy atom. The van der Waals surface area contributed by atoms with Crippen molar-refractivity contribution in [3.63, 3.8) is 0 Å². The van der Waals surface area contributed by atoms with Crippen molar-refractivity contribution >= 4 is 17.7 Å². The summed E-state index contributed by atoms with van der Waals surface area (Å²) in [6.07, 6.45) is 5.05. The molecule has 0 aliphatic carbocycles. The molecule has 4 heterocycles. The fourth-order valence-corrected chi connectivity index (χ4v) is 4.22. The van der Waals surface area contributed by atoms with Crippen LogP contribution in [0.4, 0.5) is 0 Å². The van der Waals surface area contributed by atoms with Crippen LogP contribution in [0.5, 0.6) is 0 Å². The average Bonchev–Trinajstić information content (AvgIpc) is 3.22. The molecular formula is C20H22N6O2S. The minimum atomic E-state index is 0.111. The number of pyridine rings is 1. The Bertz CT molecular complexity index is 965. The summed E-state index contributed by atoms with van der Waals surface area (Å²) in [6, 6.07) is 5.65. The Morgan fingerprint density at radius 2 is 1.97 bits per heavy atom. The van der Waals surface area contributed by atoms with Crippen LogP contribution in [0.25, 0.3) is 11.5 Å². The van der Waals surface area contributed by atoms with E-state index >= 15 is 0 Å². The summed E-state index contributed by atoms with van der Waals surface area (Å²) in [5.41, 5.74) is 2.64. The number of thioether (sulfide) groups is 1. The molecule has 0 atom stereocenters. The molecule has 0 aromatic carbocycles. The number of hydrogen-bond acceptors (Lipinski definition) is 8. The van der Waals surface area contributed by atoms with Gasteiger partial charge in [0.05, 0.1) is 11.3 Å². The second-order valence-electron chi connectivity index (χ2n) is 7.08. The van der Waals surface area contributed by atoms with Gasteiger partial charge in [-0.15, -0.1) is 0 Å². The van der Waals surface area contributed by atoms with Gasteiger partial charge in [0.2, 0.25) is 5.91 Å². The highest BCUT2D eigenvalue weighted by Crippen LogP contribution is 2.28. The van der Waals surface area contributed by atoms with Gasteiger partial charge in [0.15, 0.2) is 11.0 Å². The van der Waals surface area contributed by atoms with Crippen LogP contribution in [0.2, 0.25) is 0 Å². The summed E-state index contributed by atoms with van der Waals surface area (Å²) >= 11 is 1.39. The number of aromatic nitrogens is 5. The first-order chi connectivity index (χ1) is 14.1. The predicted molar refractivity (Wildman–Crippen MR) is 108 cm³/mol. The molecule has 150 valence electrons. The van der Waals surface area contributed by atoms with E-state index in [-0.39, 0.29) is 11.8 Å². The van der Waals surface area contributed by atoms with Crippen molar-refractivity contribution < 1.29 is 9.32 Å². The van der Waals surface area contributed by atoms with E-state index in [0.29, 0.717) is 35.7 Å². The minimum Gasteiger partial charge on any atom is -0.342 e. The molecular weight excluding hydrogens is 388 g/mol. The standard InChI is InChI=1S/C20H22N6O2S/c1-13-10-14(2)23-20(22-13)29-12-17(27)26-8-5-15(6-9-26)18-24-19(28-25-18)16-4-3-7-21-11-16/h3-4,7,10-11,15H,5-6,8-9,12H2,1-2H3. The van der Waals surface area contributed by atoms with E-state index in [1.807, 2.05) is 36.9 Å². The number of piperidine rings is 1. The third kappa shape index (κ3) is 4.79. The first-order valence-corrected chi connectivity index (χ1v) is 10.5. The summed E-state index contributed by atoms with van der Waals surface area (Å²) in [4.78, 5) is 31.8. The Morgan fingerprint density at radius 1 is 1.21 bits per heavy atom. The van der Waals surface area contributed by atoms with Crippen molar-refractivity contribution in [2.24, 2.45) is 0 Å². The molecule has 0 radical (unpaired) electrons. The lowest BCUT2D eigenvalue weighted by atomic mass is 9.96. The van der Waals surface area contributed by atoms with E-state index in [4.69, 9.17) is 4.52 Å². The highest BCUT2D eigenvalue weighted by molar-refractivity contribution is 7.99. The molecule has 1 fully saturated rings. The maximum absolute atomic E-state index is 12.6. The van der Waals surface area contributed by atoms with Crippen LogP contribution in [-0.2, 0) is 4.79 Å². The number of likely N-dealkylation sites (tertiary alicyclic amines) is 1. The second-order valence-corrected chi connectivity index (χ2v) is 8.02. The van der Waals surface area contributed by atoms with E-state index < -0.39 is 0 Å². The molecule has 0 spiro atoms. The summed E-state index contributed by atoms with van der Waals surface area (Å²) < 4.78 is 5.39. The van der Waals surface area contributed by atoms with Gasteiger partial charge in [-0.1, -0.05) is 16.9 Å². The Kier molecular flexibility index (Phi) is 5.84. The minimum absolute atomic E-state index is 0.111. The van der Waals surface area contributed by atoms with Gasteiger partial charge in [-0.05, 0) is 44.9 Å². The topological polar surface area (TPSA) is 97.9 Å². The van der Waals surface area contributed by atoms with Gasteiger partial charge in [0, 0.05) is 42.8 Å². The number of nitrogens with zero attached hydrogens (tertiary/aromatic N) is 6. The van der Waals surface area contributed by atoms with Crippen LogP contribution < -0.4 is 0 Å². The zero-order valence-corrected chi connectivity index (χ0v) is 17.2. The Balaban J connectivity index is 1.30. The molecule has 0 N–H and O–H groups in total. The van der Waals surface area contributed by atoms with Crippen LogP contribution >= 0.6 is 11.8 Å². The zero-order chi connectivity index (χ0) is 20.2. The lowest BCUT2D eigenvalue weighted by molar-refractivity contribution is -0.129. The van der Waals surface area contributed by atoms with Crippen LogP contribution in [0.1, 0.15) is 36.0 Å². The van der Waals surface area contributed by atoms with Crippen LogP contribution in [0, 0.1) is 13.8 Å². The van der Waals surface area contributed by atoms with Gasteiger partial charge < -0.3 is 9.42 Å². The van der Waals surface area contributed by atoms with E-state index in [0.717, 1.165) is 29.8 Å². The van der Waals surface area contributed by atoms with Gasteiger partial charge in [-0.2, -0.15) is 4.98 Å². The lowest BCUT2D eigenvalue weighted by Crippen LogP contribution is -2.39. The van der Waals surface area contributed by atoms with Crippen LogP contribution in [0.15, 0.2) is 40.3 Å². The fraction of sp³-hybridized carbons (Fsp3) is 0.400. The first kappa shape index (κ1) is 19.5. The van der Waals surface area contributed by atoms with Gasteiger partial charge in [0.1, 0.15) is 0 Å². The average molecular weight is 411 g/mol. The third-order valence-corrected chi connectivity index (χ3v) is 5.68. The Labute approximate surface area is 173 Å². The summed E-state index contributed by atoms with van der Waals surface area (Å²) in [5, 5.41) is 4.79. The zero-order valence-electron chi connectivity index (χ0n) is 16.4. The quantitative estimate of drug-likeness (QED) is 0.468. The van der Waals surface area contributed by atoms with Crippen molar-refractivity contribution in [3.05, 3.63) is 47.8 Å². The monoisotopic (exact) mass is 410 g/mol. The van der Waals surface area contributed by atoms with Gasteiger partial charge in [-0.3, -0.25) is 9.78 Å². The molecule has 1 saturated heterocycles. The van der Waals surface area contributed by atoms with Gasteiger partial charge in [0.25, 0.3) is 5.89 Å². The van der Waals surface area contributed by atoms with Crippen molar-refractivity contribution in [3.8, 4) is 11.5 Å².